The number of benzene rings is 1. The summed E-state index contributed by atoms with van der Waals surface area (Å²) in [4.78, 5) is 12.2. The molecule has 0 heterocycles. The summed E-state index contributed by atoms with van der Waals surface area (Å²) in [5.74, 6) is -0.206. The highest BCUT2D eigenvalue weighted by Gasteiger charge is 2.34. The number of hydrogen-bond donors (Lipinski definition) is 3. The number of aliphatic hydroxyl groups excluding tert-OH is 1. The Balaban J connectivity index is 2.03. The minimum atomic E-state index is -0.674. The molecule has 1 unspecified atom stereocenters. The van der Waals surface area contributed by atoms with E-state index < -0.39 is 11.6 Å². The zero-order chi connectivity index (χ0) is 13.7. The average molecular weight is 262 g/mol. The van der Waals surface area contributed by atoms with Crippen LogP contribution in [0.15, 0.2) is 30.3 Å². The minimum Gasteiger partial charge on any atom is -0.394 e. The van der Waals surface area contributed by atoms with Crippen molar-refractivity contribution in [2.75, 3.05) is 6.61 Å². The van der Waals surface area contributed by atoms with Crippen LogP contribution >= 0.6 is 0 Å². The second-order valence-electron chi connectivity index (χ2n) is 5.38. The molecule has 4 nitrogen and oxygen atoms in total. The Morgan fingerprint density at radius 2 is 1.89 bits per heavy atom. The number of carbonyl (C=O) groups is 1. The molecular formula is C15H22N2O2. The van der Waals surface area contributed by atoms with Gasteiger partial charge in [-0.2, -0.15) is 0 Å². The van der Waals surface area contributed by atoms with Crippen LogP contribution < -0.4 is 11.1 Å². The second-order valence-corrected chi connectivity index (χ2v) is 5.38. The van der Waals surface area contributed by atoms with Gasteiger partial charge in [-0.05, 0) is 18.4 Å². The van der Waals surface area contributed by atoms with Gasteiger partial charge in [0.05, 0.1) is 12.1 Å². The molecule has 1 saturated carbocycles. The van der Waals surface area contributed by atoms with Crippen LogP contribution in [0, 0.1) is 0 Å². The molecule has 104 valence electrons. The van der Waals surface area contributed by atoms with Gasteiger partial charge in [0.2, 0.25) is 5.91 Å². The van der Waals surface area contributed by atoms with E-state index in [0.29, 0.717) is 0 Å². The third-order valence-electron chi connectivity index (χ3n) is 3.94. The molecule has 1 atom stereocenters. The van der Waals surface area contributed by atoms with Crippen molar-refractivity contribution in [1.82, 2.24) is 5.32 Å². The number of rotatable bonds is 4. The van der Waals surface area contributed by atoms with Crippen LogP contribution in [0.25, 0.3) is 0 Å². The van der Waals surface area contributed by atoms with Gasteiger partial charge in [-0.3, -0.25) is 4.79 Å². The largest absolute Gasteiger partial charge is 0.394 e. The molecule has 1 aromatic rings. The summed E-state index contributed by atoms with van der Waals surface area (Å²) >= 11 is 0. The maximum absolute atomic E-state index is 12.2. The first kappa shape index (κ1) is 14.0. The Labute approximate surface area is 114 Å². The lowest BCUT2D eigenvalue weighted by molar-refractivity contribution is -0.125. The Morgan fingerprint density at radius 1 is 1.26 bits per heavy atom. The van der Waals surface area contributed by atoms with Crippen LogP contribution in [0.1, 0.15) is 43.7 Å². The first-order valence-corrected chi connectivity index (χ1v) is 6.90. The predicted octanol–water partition coefficient (Wildman–Crippen LogP) is 1.50. The molecule has 0 radical (unpaired) electrons. The van der Waals surface area contributed by atoms with Crippen LogP contribution in [-0.4, -0.2) is 23.2 Å². The summed E-state index contributed by atoms with van der Waals surface area (Å²) < 4.78 is 0. The van der Waals surface area contributed by atoms with E-state index in [9.17, 15) is 9.90 Å². The third-order valence-corrected chi connectivity index (χ3v) is 3.94. The van der Waals surface area contributed by atoms with Crippen LogP contribution in [-0.2, 0) is 4.79 Å². The fourth-order valence-electron chi connectivity index (χ4n) is 2.70. The van der Waals surface area contributed by atoms with E-state index in [1.54, 1.807) is 0 Å². The smallest absolute Gasteiger partial charge is 0.242 e. The molecule has 0 bridgehead atoms. The van der Waals surface area contributed by atoms with Crippen LogP contribution in [0.2, 0.25) is 0 Å². The van der Waals surface area contributed by atoms with Crippen LogP contribution in [0.5, 0.6) is 0 Å². The van der Waals surface area contributed by atoms with Gasteiger partial charge in [0, 0.05) is 0 Å². The predicted molar refractivity (Wildman–Crippen MR) is 74.4 cm³/mol. The molecule has 0 aliphatic heterocycles. The summed E-state index contributed by atoms with van der Waals surface area (Å²) in [6.07, 6.45) is 4.92. The molecule has 0 spiro atoms. The fraction of sp³-hybridized carbons (Fsp3) is 0.533. The molecular weight excluding hydrogens is 240 g/mol. The monoisotopic (exact) mass is 262 g/mol. The van der Waals surface area contributed by atoms with E-state index in [1.165, 1.54) is 6.42 Å². The summed E-state index contributed by atoms with van der Waals surface area (Å²) in [6.45, 7) is -0.0136. The normalized spacial score (nSPS) is 19.7. The van der Waals surface area contributed by atoms with Crippen molar-refractivity contribution >= 4 is 5.91 Å². The van der Waals surface area contributed by atoms with Gasteiger partial charge in [0.25, 0.3) is 0 Å². The molecule has 2 rings (SSSR count). The van der Waals surface area contributed by atoms with Gasteiger partial charge in [-0.15, -0.1) is 0 Å². The first-order chi connectivity index (χ1) is 9.17. The van der Waals surface area contributed by atoms with E-state index >= 15 is 0 Å². The lowest BCUT2D eigenvalue weighted by Crippen LogP contribution is -2.54. The zero-order valence-corrected chi connectivity index (χ0v) is 11.1. The lowest BCUT2D eigenvalue weighted by atomic mass is 9.82. The molecule has 1 fully saturated rings. The molecule has 0 aromatic heterocycles. The van der Waals surface area contributed by atoms with E-state index in [-0.39, 0.29) is 12.5 Å². The van der Waals surface area contributed by atoms with Crippen LogP contribution in [0.4, 0.5) is 0 Å². The van der Waals surface area contributed by atoms with Gasteiger partial charge in [-0.25, -0.2) is 0 Å². The van der Waals surface area contributed by atoms with Crippen molar-refractivity contribution in [3.63, 3.8) is 0 Å². The van der Waals surface area contributed by atoms with E-state index in [1.807, 2.05) is 30.3 Å². The second kappa shape index (κ2) is 6.17. The Kier molecular flexibility index (Phi) is 4.56. The Bertz CT molecular complexity index is 413. The number of carbonyl (C=O) groups excluding carboxylic acids is 1. The molecule has 0 saturated heterocycles. The van der Waals surface area contributed by atoms with Crippen molar-refractivity contribution in [3.05, 3.63) is 35.9 Å². The quantitative estimate of drug-likeness (QED) is 0.769. The Hall–Kier alpha value is -1.39. The number of aliphatic hydroxyl groups is 1. The Morgan fingerprint density at radius 3 is 2.47 bits per heavy atom. The summed E-state index contributed by atoms with van der Waals surface area (Å²) in [5, 5.41) is 12.6. The molecule has 4 N–H and O–H groups in total. The zero-order valence-electron chi connectivity index (χ0n) is 11.1. The van der Waals surface area contributed by atoms with Crippen molar-refractivity contribution in [3.8, 4) is 0 Å². The van der Waals surface area contributed by atoms with E-state index in [0.717, 1.165) is 31.2 Å². The van der Waals surface area contributed by atoms with Crippen molar-refractivity contribution in [2.24, 2.45) is 5.73 Å². The van der Waals surface area contributed by atoms with Gasteiger partial charge < -0.3 is 16.2 Å². The summed E-state index contributed by atoms with van der Waals surface area (Å²) in [7, 11) is 0. The van der Waals surface area contributed by atoms with Gasteiger partial charge in [-0.1, -0.05) is 49.6 Å². The molecule has 1 aliphatic rings. The standard InChI is InChI=1S/C15H22N2O2/c16-13(12-7-3-1-4-8-12)14(19)17-15(11-18)9-5-2-6-10-15/h1,3-4,7-8,13,18H,2,5-6,9-11,16H2,(H,17,19). The van der Waals surface area contributed by atoms with Gasteiger partial charge in [0.1, 0.15) is 6.04 Å². The fourth-order valence-corrected chi connectivity index (χ4v) is 2.70. The molecule has 1 amide bonds. The maximum Gasteiger partial charge on any atom is 0.242 e. The topological polar surface area (TPSA) is 75.4 Å². The average Bonchev–Trinajstić information content (AvgIpc) is 2.48. The number of nitrogens with one attached hydrogen (secondary N) is 1. The molecule has 1 aliphatic carbocycles. The third kappa shape index (κ3) is 3.33. The van der Waals surface area contributed by atoms with E-state index in [2.05, 4.69) is 5.32 Å². The van der Waals surface area contributed by atoms with Gasteiger partial charge in [0.15, 0.2) is 0 Å². The summed E-state index contributed by atoms with van der Waals surface area (Å²) in [6, 6.07) is 8.64. The SMILES string of the molecule is NC(C(=O)NC1(CO)CCCCC1)c1ccccc1. The van der Waals surface area contributed by atoms with Crippen molar-refractivity contribution in [1.29, 1.82) is 0 Å². The molecule has 1 aromatic carbocycles. The molecule has 4 heteroatoms. The highest BCUT2D eigenvalue weighted by atomic mass is 16.3. The summed E-state index contributed by atoms with van der Waals surface area (Å²) in [5.41, 5.74) is 6.30. The van der Waals surface area contributed by atoms with Crippen LogP contribution in [0.3, 0.4) is 0 Å². The highest BCUT2D eigenvalue weighted by molar-refractivity contribution is 5.83. The number of hydrogen-bond acceptors (Lipinski definition) is 3. The minimum absolute atomic E-state index is 0.0136. The highest BCUT2D eigenvalue weighted by Crippen LogP contribution is 2.28. The van der Waals surface area contributed by atoms with Gasteiger partial charge >= 0.3 is 0 Å². The first-order valence-electron chi connectivity index (χ1n) is 6.90. The maximum atomic E-state index is 12.2. The number of nitrogens with two attached hydrogens (primary N) is 1. The van der Waals surface area contributed by atoms with Crippen molar-refractivity contribution in [2.45, 2.75) is 43.7 Å². The number of amides is 1. The molecule has 19 heavy (non-hydrogen) atoms. The van der Waals surface area contributed by atoms with E-state index in [4.69, 9.17) is 5.73 Å². The lowest BCUT2D eigenvalue weighted by Gasteiger charge is -2.37. The van der Waals surface area contributed by atoms with Crippen molar-refractivity contribution < 1.29 is 9.90 Å².